The van der Waals surface area contributed by atoms with Gasteiger partial charge in [0.25, 0.3) is 5.91 Å². The molecular weight excluding hydrogens is 208 g/mol. The maximum absolute atomic E-state index is 11.5. The summed E-state index contributed by atoms with van der Waals surface area (Å²) in [6.07, 6.45) is 0.883. The Balaban J connectivity index is 1.82. The molecule has 2 rings (SSSR count). The van der Waals surface area contributed by atoms with Gasteiger partial charge in [0.1, 0.15) is 5.75 Å². The zero-order chi connectivity index (χ0) is 11.4. The van der Waals surface area contributed by atoms with Crippen LogP contribution in [-0.4, -0.2) is 30.7 Å². The Bertz CT molecular complexity index is 358. The smallest absolute Gasteiger partial charge is 0.283 e. The number of nitrogen functional groups attached to an aromatic ring is 1. The Morgan fingerprint density at radius 2 is 2.19 bits per heavy atom. The number of nitrogens with two attached hydrogens (primary N) is 1. The summed E-state index contributed by atoms with van der Waals surface area (Å²) in [4.78, 5) is 16.6. The lowest BCUT2D eigenvalue weighted by molar-refractivity contribution is -0.170. The summed E-state index contributed by atoms with van der Waals surface area (Å²) in [6, 6.07) is 6.92. The lowest BCUT2D eigenvalue weighted by Gasteiger charge is -2.14. The predicted molar refractivity (Wildman–Crippen MR) is 58.6 cm³/mol. The molecule has 0 spiro atoms. The van der Waals surface area contributed by atoms with E-state index < -0.39 is 0 Å². The van der Waals surface area contributed by atoms with E-state index >= 15 is 0 Å². The Morgan fingerprint density at radius 1 is 1.44 bits per heavy atom. The number of hydroxylamine groups is 2. The van der Waals surface area contributed by atoms with Crippen LogP contribution in [0.3, 0.4) is 0 Å². The highest BCUT2D eigenvalue weighted by atomic mass is 16.7. The molecule has 0 unspecified atom stereocenters. The molecule has 1 aliphatic rings. The van der Waals surface area contributed by atoms with Crippen LogP contribution < -0.4 is 10.5 Å². The number of rotatable bonds is 3. The average Bonchev–Trinajstić information content (AvgIpc) is 2.81. The highest BCUT2D eigenvalue weighted by Crippen LogP contribution is 2.13. The molecule has 1 saturated heterocycles. The first-order valence-electron chi connectivity index (χ1n) is 5.17. The summed E-state index contributed by atoms with van der Waals surface area (Å²) < 4.78 is 5.31. The van der Waals surface area contributed by atoms with E-state index in [1.54, 1.807) is 24.3 Å². The molecule has 1 amide bonds. The second-order valence-electron chi connectivity index (χ2n) is 3.54. The van der Waals surface area contributed by atoms with Gasteiger partial charge in [-0.3, -0.25) is 9.63 Å². The van der Waals surface area contributed by atoms with Crippen LogP contribution in [0.15, 0.2) is 24.3 Å². The Labute approximate surface area is 93.7 Å². The van der Waals surface area contributed by atoms with Gasteiger partial charge in [0.2, 0.25) is 0 Å². The van der Waals surface area contributed by atoms with Crippen molar-refractivity contribution in [1.29, 1.82) is 0 Å². The van der Waals surface area contributed by atoms with E-state index in [0.29, 0.717) is 24.6 Å². The van der Waals surface area contributed by atoms with E-state index in [0.717, 1.165) is 6.42 Å². The molecule has 86 valence electrons. The molecule has 1 aromatic rings. The summed E-state index contributed by atoms with van der Waals surface area (Å²) in [5, 5.41) is 1.34. The number of benzene rings is 1. The van der Waals surface area contributed by atoms with Crippen molar-refractivity contribution in [3.05, 3.63) is 24.3 Å². The molecule has 1 fully saturated rings. The van der Waals surface area contributed by atoms with E-state index in [-0.39, 0.29) is 12.5 Å². The van der Waals surface area contributed by atoms with Crippen LogP contribution in [0.1, 0.15) is 6.42 Å². The van der Waals surface area contributed by atoms with Crippen LogP contribution in [0.4, 0.5) is 5.69 Å². The molecular formula is C11H14N2O3. The lowest BCUT2D eigenvalue weighted by Crippen LogP contribution is -2.31. The van der Waals surface area contributed by atoms with E-state index in [4.69, 9.17) is 15.3 Å². The number of hydrogen-bond donors (Lipinski definition) is 1. The Kier molecular flexibility index (Phi) is 3.26. The van der Waals surface area contributed by atoms with Gasteiger partial charge in [-0.15, -0.1) is 0 Å². The second kappa shape index (κ2) is 4.85. The van der Waals surface area contributed by atoms with E-state index in [2.05, 4.69) is 0 Å². The fourth-order valence-corrected chi connectivity index (χ4v) is 1.43. The fraction of sp³-hybridized carbons (Fsp3) is 0.364. The van der Waals surface area contributed by atoms with Crippen molar-refractivity contribution in [3.8, 4) is 5.75 Å². The number of carbonyl (C=O) groups is 1. The van der Waals surface area contributed by atoms with Crippen molar-refractivity contribution in [2.75, 3.05) is 25.5 Å². The maximum atomic E-state index is 11.5. The molecule has 0 radical (unpaired) electrons. The van der Waals surface area contributed by atoms with Gasteiger partial charge in [-0.2, -0.15) is 0 Å². The van der Waals surface area contributed by atoms with Gasteiger partial charge in [-0.25, -0.2) is 5.06 Å². The van der Waals surface area contributed by atoms with Gasteiger partial charge < -0.3 is 10.5 Å². The minimum atomic E-state index is -0.158. The normalized spacial score (nSPS) is 15.1. The van der Waals surface area contributed by atoms with Crippen LogP contribution in [-0.2, 0) is 9.63 Å². The zero-order valence-electron chi connectivity index (χ0n) is 8.89. The number of nitrogens with zero attached hydrogens (tertiary/aromatic N) is 1. The van der Waals surface area contributed by atoms with Crippen molar-refractivity contribution >= 4 is 11.6 Å². The van der Waals surface area contributed by atoms with Crippen LogP contribution >= 0.6 is 0 Å². The van der Waals surface area contributed by atoms with Gasteiger partial charge in [0.15, 0.2) is 6.61 Å². The van der Waals surface area contributed by atoms with E-state index in [1.165, 1.54) is 5.06 Å². The number of amides is 1. The van der Waals surface area contributed by atoms with Crippen molar-refractivity contribution < 1.29 is 14.4 Å². The van der Waals surface area contributed by atoms with E-state index in [1.807, 2.05) is 0 Å². The molecule has 1 aromatic carbocycles. The first kappa shape index (κ1) is 10.8. The van der Waals surface area contributed by atoms with Gasteiger partial charge in [0, 0.05) is 5.69 Å². The zero-order valence-corrected chi connectivity index (χ0v) is 8.89. The minimum absolute atomic E-state index is 0.0100. The molecule has 2 N–H and O–H groups in total. The number of carbonyl (C=O) groups excluding carboxylic acids is 1. The largest absolute Gasteiger partial charge is 0.484 e. The standard InChI is InChI=1S/C11H14N2O3/c12-9-2-4-10(5-3-9)15-8-11(14)13-6-1-7-16-13/h2-5H,1,6-8,12H2. The van der Waals surface area contributed by atoms with E-state index in [9.17, 15) is 4.79 Å². The molecule has 1 heterocycles. The minimum Gasteiger partial charge on any atom is -0.484 e. The summed E-state index contributed by atoms with van der Waals surface area (Å²) >= 11 is 0. The van der Waals surface area contributed by atoms with Crippen LogP contribution in [0, 0.1) is 0 Å². The summed E-state index contributed by atoms with van der Waals surface area (Å²) in [7, 11) is 0. The van der Waals surface area contributed by atoms with Crippen LogP contribution in [0.25, 0.3) is 0 Å². The van der Waals surface area contributed by atoms with Gasteiger partial charge in [-0.05, 0) is 30.7 Å². The number of anilines is 1. The molecule has 0 aliphatic carbocycles. The third-order valence-corrected chi connectivity index (χ3v) is 2.27. The van der Waals surface area contributed by atoms with Gasteiger partial charge in [-0.1, -0.05) is 0 Å². The third kappa shape index (κ3) is 2.64. The third-order valence-electron chi connectivity index (χ3n) is 2.27. The summed E-state index contributed by atoms with van der Waals surface area (Å²) in [6.45, 7) is 1.24. The Morgan fingerprint density at radius 3 is 2.81 bits per heavy atom. The topological polar surface area (TPSA) is 64.8 Å². The molecule has 0 atom stereocenters. The monoisotopic (exact) mass is 222 g/mol. The second-order valence-corrected chi connectivity index (χ2v) is 3.54. The first-order valence-corrected chi connectivity index (χ1v) is 5.17. The lowest BCUT2D eigenvalue weighted by atomic mass is 10.3. The molecule has 0 bridgehead atoms. The summed E-state index contributed by atoms with van der Waals surface area (Å²) in [5.74, 6) is 0.469. The van der Waals surface area contributed by atoms with Crippen LogP contribution in [0.5, 0.6) is 5.75 Å². The van der Waals surface area contributed by atoms with Gasteiger partial charge in [0.05, 0.1) is 13.2 Å². The fourth-order valence-electron chi connectivity index (χ4n) is 1.43. The molecule has 5 heteroatoms. The number of ether oxygens (including phenoxy) is 1. The SMILES string of the molecule is Nc1ccc(OCC(=O)N2CCCO2)cc1. The van der Waals surface area contributed by atoms with Crippen molar-refractivity contribution in [3.63, 3.8) is 0 Å². The van der Waals surface area contributed by atoms with Crippen molar-refractivity contribution in [2.45, 2.75) is 6.42 Å². The highest BCUT2D eigenvalue weighted by molar-refractivity contribution is 5.76. The molecule has 1 aliphatic heterocycles. The molecule has 16 heavy (non-hydrogen) atoms. The van der Waals surface area contributed by atoms with Crippen LogP contribution in [0.2, 0.25) is 0 Å². The molecule has 0 saturated carbocycles. The average molecular weight is 222 g/mol. The maximum Gasteiger partial charge on any atom is 0.283 e. The highest BCUT2D eigenvalue weighted by Gasteiger charge is 2.19. The summed E-state index contributed by atoms with van der Waals surface area (Å²) in [5.41, 5.74) is 6.20. The molecule has 0 aromatic heterocycles. The van der Waals surface area contributed by atoms with Crippen molar-refractivity contribution in [2.24, 2.45) is 0 Å². The van der Waals surface area contributed by atoms with Crippen molar-refractivity contribution in [1.82, 2.24) is 5.06 Å². The van der Waals surface area contributed by atoms with Gasteiger partial charge >= 0.3 is 0 Å². The Hall–Kier alpha value is -1.75. The molecule has 5 nitrogen and oxygen atoms in total. The number of hydrogen-bond acceptors (Lipinski definition) is 4. The quantitative estimate of drug-likeness (QED) is 0.769. The first-order chi connectivity index (χ1) is 7.75. The predicted octanol–water partition coefficient (Wildman–Crippen LogP) is 0.811.